The summed E-state index contributed by atoms with van der Waals surface area (Å²) in [6, 6.07) is 13.4. The molecule has 2 atom stereocenters. The number of thiazole rings is 1. The average molecular weight is 493 g/mol. The van der Waals surface area contributed by atoms with Crippen LogP contribution in [0.2, 0.25) is 15.1 Å². The minimum atomic E-state index is -0.0801. The lowest BCUT2D eigenvalue weighted by Gasteiger charge is -2.30. The summed E-state index contributed by atoms with van der Waals surface area (Å²) in [5.74, 6) is 0.827. The van der Waals surface area contributed by atoms with Crippen molar-refractivity contribution in [3.8, 4) is 0 Å². The van der Waals surface area contributed by atoms with E-state index >= 15 is 0 Å². The molecule has 0 bridgehead atoms. The van der Waals surface area contributed by atoms with Gasteiger partial charge < -0.3 is 4.90 Å². The maximum absolute atomic E-state index is 6.61. The Bertz CT molecular complexity index is 1120. The molecule has 0 saturated heterocycles. The zero-order valence-electron chi connectivity index (χ0n) is 17.9. The third-order valence-electron chi connectivity index (χ3n) is 5.40. The summed E-state index contributed by atoms with van der Waals surface area (Å²) in [6.45, 7) is 8.80. The molecule has 31 heavy (non-hydrogen) atoms. The fraction of sp³-hybridized carbons (Fsp3) is 0.333. The molecule has 1 aliphatic heterocycles. The SMILES string of the molecule is CCC1C(c2ncc(C(C)(C)C)s2)N=C(c2ccc(Cl)cc2Cl)N1c1ccc(Cl)cc1. The highest BCUT2D eigenvalue weighted by Gasteiger charge is 2.40. The minimum absolute atomic E-state index is 0.0537. The molecule has 0 radical (unpaired) electrons. The van der Waals surface area contributed by atoms with Crippen molar-refractivity contribution < 1.29 is 0 Å². The van der Waals surface area contributed by atoms with Crippen LogP contribution < -0.4 is 4.90 Å². The Morgan fingerprint density at radius 2 is 1.68 bits per heavy atom. The van der Waals surface area contributed by atoms with Crippen molar-refractivity contribution in [1.29, 1.82) is 0 Å². The highest BCUT2D eigenvalue weighted by molar-refractivity contribution is 7.11. The van der Waals surface area contributed by atoms with Crippen LogP contribution in [0.4, 0.5) is 5.69 Å². The Hall–Kier alpha value is -1.59. The zero-order valence-corrected chi connectivity index (χ0v) is 20.9. The van der Waals surface area contributed by atoms with Gasteiger partial charge in [0.2, 0.25) is 0 Å². The van der Waals surface area contributed by atoms with Crippen LogP contribution >= 0.6 is 46.1 Å². The van der Waals surface area contributed by atoms with Gasteiger partial charge in [0.05, 0.1) is 11.1 Å². The molecule has 4 rings (SSSR count). The number of hydrogen-bond acceptors (Lipinski definition) is 4. The van der Waals surface area contributed by atoms with Gasteiger partial charge in [0.15, 0.2) is 0 Å². The quantitative estimate of drug-likeness (QED) is 0.367. The number of hydrogen-bond donors (Lipinski definition) is 0. The van der Waals surface area contributed by atoms with Crippen LogP contribution in [0.1, 0.15) is 55.6 Å². The van der Waals surface area contributed by atoms with Crippen LogP contribution in [0.5, 0.6) is 0 Å². The summed E-state index contributed by atoms with van der Waals surface area (Å²) in [7, 11) is 0. The highest BCUT2D eigenvalue weighted by atomic mass is 35.5. The second-order valence-corrected chi connectivity index (χ2v) is 11.0. The number of aliphatic imine (C=N–C) groups is 1. The summed E-state index contributed by atoms with van der Waals surface area (Å²) >= 11 is 20.7. The minimum Gasteiger partial charge on any atom is -0.320 e. The molecule has 2 aromatic carbocycles. The molecule has 7 heteroatoms. The Kier molecular flexibility index (Phi) is 6.37. The average Bonchev–Trinajstić information content (AvgIpc) is 3.33. The second-order valence-electron chi connectivity index (χ2n) is 8.66. The lowest BCUT2D eigenvalue weighted by Crippen LogP contribution is -2.37. The third-order valence-corrected chi connectivity index (χ3v) is 7.69. The molecular formula is C24H24Cl3N3S. The maximum atomic E-state index is 6.61. The first-order valence-corrected chi connectivity index (χ1v) is 12.2. The summed E-state index contributed by atoms with van der Waals surface area (Å²) < 4.78 is 0. The molecule has 0 fully saturated rings. The van der Waals surface area contributed by atoms with E-state index in [9.17, 15) is 0 Å². The monoisotopic (exact) mass is 491 g/mol. The fourth-order valence-corrected chi connectivity index (χ4v) is 5.45. The van der Waals surface area contributed by atoms with Gasteiger partial charge in [-0.25, -0.2) is 4.98 Å². The molecule has 0 saturated carbocycles. The first-order valence-electron chi connectivity index (χ1n) is 10.2. The maximum Gasteiger partial charge on any atom is 0.138 e. The summed E-state index contributed by atoms with van der Waals surface area (Å²) in [4.78, 5) is 13.5. The van der Waals surface area contributed by atoms with Gasteiger partial charge in [-0.2, -0.15) is 0 Å². The zero-order chi connectivity index (χ0) is 22.3. The number of benzene rings is 2. The first-order chi connectivity index (χ1) is 14.7. The molecule has 0 aliphatic carbocycles. The first kappa shape index (κ1) is 22.6. The normalized spacial score (nSPS) is 19.1. The van der Waals surface area contributed by atoms with Crippen molar-refractivity contribution in [2.75, 3.05) is 4.90 Å². The molecule has 2 heterocycles. The molecule has 0 spiro atoms. The topological polar surface area (TPSA) is 28.5 Å². The van der Waals surface area contributed by atoms with E-state index in [4.69, 9.17) is 44.8 Å². The summed E-state index contributed by atoms with van der Waals surface area (Å²) in [5, 5.41) is 2.90. The van der Waals surface area contributed by atoms with E-state index in [1.54, 1.807) is 17.4 Å². The number of halogens is 3. The Morgan fingerprint density at radius 3 is 2.26 bits per heavy atom. The van der Waals surface area contributed by atoms with E-state index < -0.39 is 0 Å². The molecule has 3 nitrogen and oxygen atoms in total. The van der Waals surface area contributed by atoms with Crippen molar-refractivity contribution in [2.45, 2.75) is 51.6 Å². The van der Waals surface area contributed by atoms with Crippen LogP contribution in [0.25, 0.3) is 0 Å². The number of nitrogens with zero attached hydrogens (tertiary/aromatic N) is 3. The Balaban J connectivity index is 1.85. The van der Waals surface area contributed by atoms with Crippen molar-refractivity contribution in [1.82, 2.24) is 4.98 Å². The Morgan fingerprint density at radius 1 is 1.00 bits per heavy atom. The fourth-order valence-electron chi connectivity index (χ4n) is 3.76. The van der Waals surface area contributed by atoms with Crippen LogP contribution in [0.3, 0.4) is 0 Å². The number of anilines is 1. The van der Waals surface area contributed by atoms with Gasteiger partial charge in [0.25, 0.3) is 0 Å². The predicted molar refractivity (Wildman–Crippen MR) is 135 cm³/mol. The molecule has 0 amide bonds. The molecule has 162 valence electrons. The van der Waals surface area contributed by atoms with E-state index in [0.717, 1.165) is 28.5 Å². The third kappa shape index (κ3) is 4.49. The van der Waals surface area contributed by atoms with E-state index in [1.165, 1.54) is 4.88 Å². The van der Waals surface area contributed by atoms with Gasteiger partial charge in [-0.3, -0.25) is 4.99 Å². The van der Waals surface area contributed by atoms with Gasteiger partial charge in [-0.05, 0) is 54.3 Å². The number of amidine groups is 1. The van der Waals surface area contributed by atoms with E-state index in [-0.39, 0.29) is 17.5 Å². The van der Waals surface area contributed by atoms with E-state index in [1.807, 2.05) is 42.6 Å². The molecule has 3 aromatic rings. The van der Waals surface area contributed by atoms with Crippen LogP contribution in [-0.2, 0) is 5.41 Å². The van der Waals surface area contributed by atoms with E-state index in [0.29, 0.717) is 15.1 Å². The lowest BCUT2D eigenvalue weighted by atomic mass is 9.96. The Labute approximate surface area is 202 Å². The molecule has 1 aliphatic rings. The van der Waals surface area contributed by atoms with Crippen molar-refractivity contribution >= 4 is 57.7 Å². The lowest BCUT2D eigenvalue weighted by molar-refractivity contribution is 0.562. The molecular weight excluding hydrogens is 469 g/mol. The van der Waals surface area contributed by atoms with Crippen molar-refractivity contribution in [3.05, 3.63) is 79.2 Å². The van der Waals surface area contributed by atoms with Crippen LogP contribution in [0.15, 0.2) is 53.7 Å². The van der Waals surface area contributed by atoms with Gasteiger partial charge in [0.1, 0.15) is 16.9 Å². The highest BCUT2D eigenvalue weighted by Crippen LogP contribution is 2.42. The smallest absolute Gasteiger partial charge is 0.138 e. The standard InChI is InChI=1S/C24H24Cl3N3S/c1-5-19-21(23-28-13-20(31-23)24(2,3)4)29-22(17-11-8-15(26)12-18(17)27)30(19)16-9-6-14(25)7-10-16/h6-13,19,21H,5H2,1-4H3. The van der Waals surface area contributed by atoms with Crippen LogP contribution in [-0.4, -0.2) is 16.9 Å². The number of rotatable bonds is 4. The van der Waals surface area contributed by atoms with Gasteiger partial charge in [-0.15, -0.1) is 11.3 Å². The van der Waals surface area contributed by atoms with Crippen molar-refractivity contribution in [2.24, 2.45) is 4.99 Å². The largest absolute Gasteiger partial charge is 0.320 e. The van der Waals surface area contributed by atoms with Crippen molar-refractivity contribution in [3.63, 3.8) is 0 Å². The van der Waals surface area contributed by atoms with Gasteiger partial charge in [-0.1, -0.05) is 62.5 Å². The summed E-state index contributed by atoms with van der Waals surface area (Å²) in [5.41, 5.74) is 1.93. The predicted octanol–water partition coefficient (Wildman–Crippen LogP) is 8.19. The summed E-state index contributed by atoms with van der Waals surface area (Å²) in [6.07, 6.45) is 2.89. The van der Waals surface area contributed by atoms with Gasteiger partial charge >= 0.3 is 0 Å². The molecule has 1 aromatic heterocycles. The van der Waals surface area contributed by atoms with Crippen LogP contribution in [0, 0.1) is 0 Å². The molecule has 2 unspecified atom stereocenters. The van der Waals surface area contributed by atoms with E-state index in [2.05, 4.69) is 32.6 Å². The van der Waals surface area contributed by atoms with Gasteiger partial charge in [0, 0.05) is 32.4 Å². The number of aromatic nitrogens is 1. The molecule has 0 N–H and O–H groups in total. The second kappa shape index (κ2) is 8.74.